The van der Waals surface area contributed by atoms with Crippen LogP contribution >= 0.6 is 0 Å². The van der Waals surface area contributed by atoms with Crippen LogP contribution in [0.5, 0.6) is 0 Å². The molecule has 1 fully saturated rings. The van der Waals surface area contributed by atoms with Crippen molar-refractivity contribution in [3.8, 4) is 0 Å². The smallest absolute Gasteiger partial charge is 0.239 e. The lowest BCUT2D eigenvalue weighted by Crippen LogP contribution is -2.48. The van der Waals surface area contributed by atoms with E-state index < -0.39 is 0 Å². The maximum absolute atomic E-state index is 11.8. The number of hydrogen-bond donors (Lipinski definition) is 3. The first-order valence-electron chi connectivity index (χ1n) is 8.78. The van der Waals surface area contributed by atoms with Crippen molar-refractivity contribution in [2.24, 2.45) is 4.99 Å². The topological polar surface area (TPSA) is 74.8 Å². The molecule has 0 aromatic heterocycles. The van der Waals surface area contributed by atoms with Crippen molar-refractivity contribution < 1.29 is 9.53 Å². The highest BCUT2D eigenvalue weighted by Gasteiger charge is 2.14. The summed E-state index contributed by atoms with van der Waals surface area (Å²) in [4.78, 5) is 15.9. The second-order valence-electron chi connectivity index (χ2n) is 7.14. The van der Waals surface area contributed by atoms with Gasteiger partial charge in [0.05, 0.1) is 12.6 Å². The maximum Gasteiger partial charge on any atom is 0.239 e. The molecule has 1 rings (SSSR count). The van der Waals surface area contributed by atoms with Crippen LogP contribution in [0, 0.1) is 0 Å². The van der Waals surface area contributed by atoms with E-state index in [1.165, 1.54) is 32.1 Å². The number of hydrogen-bond acceptors (Lipinski definition) is 3. The molecule has 1 aliphatic rings. The molecule has 6 heteroatoms. The number of aliphatic imine (C=N–C) groups is 1. The first kappa shape index (κ1) is 19.7. The molecule has 1 amide bonds. The summed E-state index contributed by atoms with van der Waals surface area (Å²) < 4.78 is 5.89. The fraction of sp³-hybridized carbons (Fsp3) is 0.882. The summed E-state index contributed by atoms with van der Waals surface area (Å²) in [6.45, 7) is 7.67. The second kappa shape index (κ2) is 10.5. The van der Waals surface area contributed by atoms with E-state index in [1.54, 1.807) is 7.05 Å². The second-order valence-corrected chi connectivity index (χ2v) is 7.14. The molecule has 6 nitrogen and oxygen atoms in total. The monoisotopic (exact) mass is 326 g/mol. The third-order valence-corrected chi connectivity index (χ3v) is 3.67. The third kappa shape index (κ3) is 10.2. The molecule has 0 unspecified atom stereocenters. The number of nitrogens with zero attached hydrogens (tertiary/aromatic N) is 1. The molecule has 0 saturated heterocycles. The van der Waals surface area contributed by atoms with E-state index in [4.69, 9.17) is 4.74 Å². The maximum atomic E-state index is 11.8. The lowest BCUT2D eigenvalue weighted by molar-refractivity contribution is -0.121. The summed E-state index contributed by atoms with van der Waals surface area (Å²) in [5.41, 5.74) is -0.216. The highest BCUT2D eigenvalue weighted by Crippen LogP contribution is 2.20. The summed E-state index contributed by atoms with van der Waals surface area (Å²) in [5.74, 6) is 0.604. The standard InChI is InChI=1S/C17H34N4O2/c1-17(2,3)21-15(22)13-20-16(18-4)19-11-8-12-23-14-9-6-5-7-10-14/h14H,5-13H2,1-4H3,(H,21,22)(H2,18,19,20). The molecule has 0 radical (unpaired) electrons. The molecule has 1 aliphatic carbocycles. The Balaban J connectivity index is 2.08. The van der Waals surface area contributed by atoms with Crippen LogP contribution in [-0.2, 0) is 9.53 Å². The predicted molar refractivity (Wildman–Crippen MR) is 94.7 cm³/mol. The van der Waals surface area contributed by atoms with Crippen LogP contribution in [0.1, 0.15) is 59.3 Å². The van der Waals surface area contributed by atoms with Gasteiger partial charge in [-0.15, -0.1) is 0 Å². The van der Waals surface area contributed by atoms with Gasteiger partial charge in [0.25, 0.3) is 0 Å². The molecule has 3 N–H and O–H groups in total. The largest absolute Gasteiger partial charge is 0.378 e. The number of ether oxygens (including phenoxy) is 1. The Kier molecular flexibility index (Phi) is 8.99. The average Bonchev–Trinajstić information content (AvgIpc) is 2.49. The van der Waals surface area contributed by atoms with E-state index in [9.17, 15) is 4.79 Å². The lowest BCUT2D eigenvalue weighted by Gasteiger charge is -2.22. The SMILES string of the molecule is CN=C(NCCCOC1CCCCC1)NCC(=O)NC(C)(C)C. The van der Waals surface area contributed by atoms with Crippen LogP contribution in [0.25, 0.3) is 0 Å². The molecular formula is C17H34N4O2. The minimum atomic E-state index is -0.216. The fourth-order valence-electron chi connectivity index (χ4n) is 2.61. The zero-order chi connectivity index (χ0) is 17.1. The van der Waals surface area contributed by atoms with Crippen molar-refractivity contribution in [2.75, 3.05) is 26.7 Å². The van der Waals surface area contributed by atoms with Gasteiger partial charge >= 0.3 is 0 Å². The number of nitrogens with one attached hydrogen (secondary N) is 3. The van der Waals surface area contributed by atoms with E-state index in [2.05, 4.69) is 20.9 Å². The predicted octanol–water partition coefficient (Wildman–Crippen LogP) is 1.81. The molecule has 0 aromatic carbocycles. The normalized spacial score (nSPS) is 17.0. The first-order chi connectivity index (χ1) is 10.9. The zero-order valence-electron chi connectivity index (χ0n) is 15.2. The van der Waals surface area contributed by atoms with Crippen molar-refractivity contribution in [1.29, 1.82) is 0 Å². The fourth-order valence-corrected chi connectivity index (χ4v) is 2.61. The van der Waals surface area contributed by atoms with Gasteiger partial charge in [0, 0.05) is 25.7 Å². The van der Waals surface area contributed by atoms with Crippen LogP contribution in [0.3, 0.4) is 0 Å². The van der Waals surface area contributed by atoms with Gasteiger partial charge in [0.15, 0.2) is 5.96 Å². The molecule has 0 aromatic rings. The first-order valence-corrected chi connectivity index (χ1v) is 8.78. The van der Waals surface area contributed by atoms with Crippen molar-refractivity contribution >= 4 is 11.9 Å². The average molecular weight is 326 g/mol. The minimum Gasteiger partial charge on any atom is -0.378 e. The number of rotatable bonds is 7. The molecule has 23 heavy (non-hydrogen) atoms. The summed E-state index contributed by atoms with van der Waals surface area (Å²) >= 11 is 0. The molecule has 0 heterocycles. The van der Waals surface area contributed by atoms with Crippen LogP contribution in [0.4, 0.5) is 0 Å². The van der Waals surface area contributed by atoms with E-state index >= 15 is 0 Å². The Morgan fingerprint density at radius 3 is 2.48 bits per heavy atom. The highest BCUT2D eigenvalue weighted by molar-refractivity contribution is 5.86. The summed E-state index contributed by atoms with van der Waals surface area (Å²) in [7, 11) is 1.70. The van der Waals surface area contributed by atoms with Gasteiger partial charge < -0.3 is 20.7 Å². The molecule has 0 bridgehead atoms. The molecular weight excluding hydrogens is 292 g/mol. The van der Waals surface area contributed by atoms with E-state index in [0.29, 0.717) is 12.1 Å². The number of carbonyl (C=O) groups is 1. The van der Waals surface area contributed by atoms with Crippen molar-refractivity contribution in [2.45, 2.75) is 70.9 Å². The zero-order valence-corrected chi connectivity index (χ0v) is 15.2. The van der Waals surface area contributed by atoms with Gasteiger partial charge in [-0.2, -0.15) is 0 Å². The van der Waals surface area contributed by atoms with Crippen molar-refractivity contribution in [3.05, 3.63) is 0 Å². The lowest BCUT2D eigenvalue weighted by atomic mass is 9.98. The molecule has 0 aliphatic heterocycles. The summed E-state index contributed by atoms with van der Waals surface area (Å²) in [6.07, 6.45) is 7.77. The molecule has 0 spiro atoms. The van der Waals surface area contributed by atoms with Crippen LogP contribution in [-0.4, -0.2) is 50.3 Å². The Labute approximate surface area is 140 Å². The van der Waals surface area contributed by atoms with Crippen molar-refractivity contribution in [3.63, 3.8) is 0 Å². The third-order valence-electron chi connectivity index (χ3n) is 3.67. The Morgan fingerprint density at radius 2 is 1.87 bits per heavy atom. The molecule has 1 saturated carbocycles. The highest BCUT2D eigenvalue weighted by atomic mass is 16.5. The Morgan fingerprint density at radius 1 is 1.17 bits per heavy atom. The van der Waals surface area contributed by atoms with E-state index in [1.807, 2.05) is 20.8 Å². The van der Waals surface area contributed by atoms with Crippen LogP contribution in [0.15, 0.2) is 4.99 Å². The number of guanidine groups is 1. The Hall–Kier alpha value is -1.30. The quantitative estimate of drug-likeness (QED) is 0.379. The number of carbonyl (C=O) groups excluding carboxylic acids is 1. The van der Waals surface area contributed by atoms with Crippen LogP contribution in [0.2, 0.25) is 0 Å². The summed E-state index contributed by atoms with van der Waals surface area (Å²) in [6, 6.07) is 0. The minimum absolute atomic E-state index is 0.0407. The van der Waals surface area contributed by atoms with E-state index in [0.717, 1.165) is 19.6 Å². The van der Waals surface area contributed by atoms with Gasteiger partial charge in [-0.1, -0.05) is 19.3 Å². The van der Waals surface area contributed by atoms with Crippen molar-refractivity contribution in [1.82, 2.24) is 16.0 Å². The molecule has 134 valence electrons. The number of amides is 1. The van der Waals surface area contributed by atoms with E-state index in [-0.39, 0.29) is 18.0 Å². The van der Waals surface area contributed by atoms with Gasteiger partial charge in [-0.3, -0.25) is 9.79 Å². The Bertz CT molecular complexity index is 371. The summed E-state index contributed by atoms with van der Waals surface area (Å²) in [5, 5.41) is 9.13. The molecule has 0 atom stereocenters. The van der Waals surface area contributed by atoms with Gasteiger partial charge in [0.2, 0.25) is 5.91 Å². The van der Waals surface area contributed by atoms with Gasteiger partial charge in [0.1, 0.15) is 0 Å². The van der Waals surface area contributed by atoms with Crippen LogP contribution < -0.4 is 16.0 Å². The van der Waals surface area contributed by atoms with Gasteiger partial charge in [-0.05, 0) is 40.0 Å². The van der Waals surface area contributed by atoms with Gasteiger partial charge in [-0.25, -0.2) is 0 Å².